The predicted molar refractivity (Wildman–Crippen MR) is 53.1 cm³/mol. The number of hydrogen-bond donors (Lipinski definition) is 2. The molecule has 72 valence electrons. The van der Waals surface area contributed by atoms with Crippen LogP contribution in [0.1, 0.15) is 39.5 Å². The van der Waals surface area contributed by atoms with E-state index in [0.29, 0.717) is 6.04 Å². The molecule has 2 heteroatoms. The zero-order valence-electron chi connectivity index (χ0n) is 8.34. The fourth-order valence-corrected chi connectivity index (χ4v) is 1.81. The molecule has 0 aromatic rings. The molecule has 0 saturated heterocycles. The minimum atomic E-state index is 0.562. The predicted octanol–water partition coefficient (Wildman–Crippen LogP) is 1.50. The largest absolute Gasteiger partial charge is 0.329 e. The van der Waals surface area contributed by atoms with Gasteiger partial charge in [-0.25, -0.2) is 0 Å². The average Bonchev–Trinajstić information content (AvgIpc) is 2.88. The maximum absolute atomic E-state index is 5.74. The van der Waals surface area contributed by atoms with Crippen LogP contribution in [0.15, 0.2) is 0 Å². The third kappa shape index (κ3) is 2.76. The van der Waals surface area contributed by atoms with Crippen molar-refractivity contribution in [3.8, 4) is 0 Å². The van der Waals surface area contributed by atoms with Gasteiger partial charge in [-0.05, 0) is 18.8 Å². The van der Waals surface area contributed by atoms with E-state index in [1.54, 1.807) is 0 Å². The van der Waals surface area contributed by atoms with Crippen molar-refractivity contribution >= 4 is 0 Å². The summed E-state index contributed by atoms with van der Waals surface area (Å²) in [4.78, 5) is 0. The van der Waals surface area contributed by atoms with Crippen molar-refractivity contribution in [1.82, 2.24) is 5.32 Å². The lowest BCUT2D eigenvalue weighted by atomic mass is 9.94. The van der Waals surface area contributed by atoms with E-state index in [-0.39, 0.29) is 0 Å². The molecular weight excluding hydrogens is 148 g/mol. The van der Waals surface area contributed by atoms with Crippen LogP contribution in [0, 0.1) is 5.92 Å². The van der Waals surface area contributed by atoms with E-state index in [0.717, 1.165) is 18.5 Å². The lowest BCUT2D eigenvalue weighted by Gasteiger charge is -2.25. The van der Waals surface area contributed by atoms with Gasteiger partial charge in [0.1, 0.15) is 0 Å². The van der Waals surface area contributed by atoms with Gasteiger partial charge in [-0.15, -0.1) is 0 Å². The Kier molecular flexibility index (Phi) is 4.02. The maximum atomic E-state index is 5.74. The maximum Gasteiger partial charge on any atom is 0.0220 e. The molecule has 12 heavy (non-hydrogen) atoms. The third-order valence-electron chi connectivity index (χ3n) is 2.90. The zero-order valence-corrected chi connectivity index (χ0v) is 8.34. The highest BCUT2D eigenvalue weighted by atomic mass is 15.0. The zero-order chi connectivity index (χ0) is 8.97. The second-order valence-electron chi connectivity index (χ2n) is 3.86. The number of nitrogens with one attached hydrogen (secondary N) is 1. The summed E-state index contributed by atoms with van der Waals surface area (Å²) < 4.78 is 0. The van der Waals surface area contributed by atoms with Crippen LogP contribution < -0.4 is 11.1 Å². The second-order valence-corrected chi connectivity index (χ2v) is 3.86. The Balaban J connectivity index is 2.29. The molecule has 3 N–H and O–H groups in total. The smallest absolute Gasteiger partial charge is 0.0220 e. The van der Waals surface area contributed by atoms with Gasteiger partial charge in [0.15, 0.2) is 0 Å². The normalized spacial score (nSPS) is 20.0. The molecule has 1 saturated carbocycles. The molecule has 1 aliphatic carbocycles. The summed E-state index contributed by atoms with van der Waals surface area (Å²) in [7, 11) is 0. The summed E-state index contributed by atoms with van der Waals surface area (Å²) in [6, 6.07) is 1.35. The van der Waals surface area contributed by atoms with Crippen LogP contribution >= 0.6 is 0 Å². The van der Waals surface area contributed by atoms with Crippen molar-refractivity contribution in [2.24, 2.45) is 11.7 Å². The Labute approximate surface area is 75.9 Å². The topological polar surface area (TPSA) is 38.0 Å². The van der Waals surface area contributed by atoms with Gasteiger partial charge < -0.3 is 11.1 Å². The Morgan fingerprint density at radius 1 is 1.33 bits per heavy atom. The van der Waals surface area contributed by atoms with Gasteiger partial charge >= 0.3 is 0 Å². The molecule has 0 amide bonds. The van der Waals surface area contributed by atoms with E-state index in [2.05, 4.69) is 19.2 Å². The van der Waals surface area contributed by atoms with E-state index in [4.69, 9.17) is 5.73 Å². The second kappa shape index (κ2) is 4.83. The highest BCUT2D eigenvalue weighted by Gasteiger charge is 2.26. The highest BCUT2D eigenvalue weighted by molar-refractivity contribution is 4.87. The number of hydrogen-bond acceptors (Lipinski definition) is 2. The van der Waals surface area contributed by atoms with Crippen LogP contribution in [0.3, 0.4) is 0 Å². The Hall–Kier alpha value is -0.0800. The Morgan fingerprint density at radius 2 is 1.92 bits per heavy atom. The van der Waals surface area contributed by atoms with Crippen LogP contribution in [0.2, 0.25) is 0 Å². The standard InChI is InChI=1S/C10H22N2/c1-3-8(4-2)10(7-11)12-9-5-6-9/h8-10,12H,3-7,11H2,1-2H3. The van der Waals surface area contributed by atoms with Crippen LogP contribution in [0.5, 0.6) is 0 Å². The van der Waals surface area contributed by atoms with Gasteiger partial charge in [0, 0.05) is 18.6 Å². The highest BCUT2D eigenvalue weighted by Crippen LogP contribution is 2.22. The average molecular weight is 170 g/mol. The van der Waals surface area contributed by atoms with Crippen LogP contribution in [0.25, 0.3) is 0 Å². The molecule has 0 heterocycles. The molecule has 0 aliphatic heterocycles. The summed E-state index contributed by atoms with van der Waals surface area (Å²) in [5.74, 6) is 0.774. The molecule has 2 nitrogen and oxygen atoms in total. The van der Waals surface area contributed by atoms with Gasteiger partial charge in [-0.3, -0.25) is 0 Å². The fourth-order valence-electron chi connectivity index (χ4n) is 1.81. The summed E-state index contributed by atoms with van der Waals surface area (Å²) in [6.45, 7) is 5.31. The summed E-state index contributed by atoms with van der Waals surface area (Å²) in [5.41, 5.74) is 5.74. The Morgan fingerprint density at radius 3 is 2.25 bits per heavy atom. The van der Waals surface area contributed by atoms with Crippen molar-refractivity contribution in [3.63, 3.8) is 0 Å². The molecular formula is C10H22N2. The molecule has 1 rings (SSSR count). The first-order valence-corrected chi connectivity index (χ1v) is 5.27. The quantitative estimate of drug-likeness (QED) is 0.634. The summed E-state index contributed by atoms with van der Waals surface area (Å²) in [5, 5.41) is 3.62. The molecule has 1 fully saturated rings. The Bertz CT molecular complexity index is 117. The lowest BCUT2D eigenvalue weighted by molar-refractivity contribution is 0.337. The van der Waals surface area contributed by atoms with E-state index in [1.807, 2.05) is 0 Å². The van der Waals surface area contributed by atoms with Gasteiger partial charge in [-0.2, -0.15) is 0 Å². The number of nitrogens with two attached hydrogens (primary N) is 1. The third-order valence-corrected chi connectivity index (χ3v) is 2.90. The van der Waals surface area contributed by atoms with E-state index in [9.17, 15) is 0 Å². The van der Waals surface area contributed by atoms with E-state index >= 15 is 0 Å². The SMILES string of the molecule is CCC(CC)C(CN)NC1CC1. The molecule has 1 unspecified atom stereocenters. The van der Waals surface area contributed by atoms with E-state index in [1.165, 1.54) is 25.7 Å². The fraction of sp³-hybridized carbons (Fsp3) is 1.00. The first-order valence-electron chi connectivity index (χ1n) is 5.27. The van der Waals surface area contributed by atoms with Gasteiger partial charge in [0.05, 0.1) is 0 Å². The number of rotatable bonds is 6. The molecule has 1 aliphatic rings. The summed E-state index contributed by atoms with van der Waals surface area (Å²) in [6.07, 6.45) is 5.21. The first kappa shape index (κ1) is 10.0. The van der Waals surface area contributed by atoms with Crippen molar-refractivity contribution in [2.45, 2.75) is 51.6 Å². The van der Waals surface area contributed by atoms with Crippen molar-refractivity contribution in [3.05, 3.63) is 0 Å². The minimum Gasteiger partial charge on any atom is -0.329 e. The summed E-state index contributed by atoms with van der Waals surface area (Å²) >= 11 is 0. The van der Waals surface area contributed by atoms with Crippen LogP contribution in [-0.4, -0.2) is 18.6 Å². The molecule has 0 aromatic heterocycles. The van der Waals surface area contributed by atoms with Crippen molar-refractivity contribution < 1.29 is 0 Å². The molecule has 0 radical (unpaired) electrons. The van der Waals surface area contributed by atoms with Gasteiger partial charge in [0.25, 0.3) is 0 Å². The first-order chi connectivity index (χ1) is 5.81. The van der Waals surface area contributed by atoms with E-state index < -0.39 is 0 Å². The van der Waals surface area contributed by atoms with Crippen molar-refractivity contribution in [1.29, 1.82) is 0 Å². The van der Waals surface area contributed by atoms with Crippen molar-refractivity contribution in [2.75, 3.05) is 6.54 Å². The van der Waals surface area contributed by atoms with Gasteiger partial charge in [-0.1, -0.05) is 26.7 Å². The molecule has 0 aromatic carbocycles. The van der Waals surface area contributed by atoms with Crippen LogP contribution in [0.4, 0.5) is 0 Å². The molecule has 0 spiro atoms. The van der Waals surface area contributed by atoms with Crippen LogP contribution in [-0.2, 0) is 0 Å². The lowest BCUT2D eigenvalue weighted by Crippen LogP contribution is -2.43. The monoisotopic (exact) mass is 170 g/mol. The molecule has 1 atom stereocenters. The van der Waals surface area contributed by atoms with Gasteiger partial charge in [0.2, 0.25) is 0 Å². The minimum absolute atomic E-state index is 0.562. The molecule has 0 bridgehead atoms.